The summed E-state index contributed by atoms with van der Waals surface area (Å²) in [5.41, 5.74) is 0.782. The van der Waals surface area contributed by atoms with E-state index in [4.69, 9.17) is 9.84 Å². The summed E-state index contributed by atoms with van der Waals surface area (Å²) in [6, 6.07) is 10.5. The highest BCUT2D eigenvalue weighted by atomic mass is 19.1. The topological polar surface area (TPSA) is 58.6 Å². The maximum absolute atomic E-state index is 13.6. The average molecular weight is 261 g/mol. The summed E-state index contributed by atoms with van der Waals surface area (Å²) in [4.78, 5) is 10.8. The Morgan fingerprint density at radius 1 is 1.21 bits per heavy atom. The van der Waals surface area contributed by atoms with E-state index in [0.717, 1.165) is 6.07 Å². The van der Waals surface area contributed by atoms with Gasteiger partial charge in [0.2, 0.25) is 0 Å². The van der Waals surface area contributed by atoms with Crippen molar-refractivity contribution >= 4 is 17.3 Å². The van der Waals surface area contributed by atoms with Crippen LogP contribution in [0.15, 0.2) is 42.5 Å². The molecule has 0 amide bonds. The molecule has 0 aliphatic rings. The molecule has 0 bridgehead atoms. The van der Waals surface area contributed by atoms with E-state index in [2.05, 4.69) is 5.32 Å². The largest absolute Gasteiger partial charge is 0.497 e. The van der Waals surface area contributed by atoms with Gasteiger partial charge in [-0.3, -0.25) is 0 Å². The van der Waals surface area contributed by atoms with Crippen LogP contribution in [0.4, 0.5) is 15.8 Å². The van der Waals surface area contributed by atoms with Gasteiger partial charge in [-0.25, -0.2) is 9.18 Å². The summed E-state index contributed by atoms with van der Waals surface area (Å²) in [5, 5.41) is 11.7. The second-order valence-corrected chi connectivity index (χ2v) is 3.85. The van der Waals surface area contributed by atoms with Crippen LogP contribution in [0.3, 0.4) is 0 Å². The van der Waals surface area contributed by atoms with Gasteiger partial charge in [-0.2, -0.15) is 0 Å². The van der Waals surface area contributed by atoms with E-state index in [1.54, 1.807) is 31.4 Å². The van der Waals surface area contributed by atoms with Gasteiger partial charge >= 0.3 is 5.97 Å². The van der Waals surface area contributed by atoms with Crippen LogP contribution in [-0.4, -0.2) is 18.2 Å². The molecule has 0 aromatic heterocycles. The number of methoxy groups -OCH3 is 1. The number of carboxylic acid groups (broad SMARTS) is 1. The first-order chi connectivity index (χ1) is 9.10. The minimum Gasteiger partial charge on any atom is -0.497 e. The fourth-order valence-electron chi connectivity index (χ4n) is 1.58. The highest BCUT2D eigenvalue weighted by Crippen LogP contribution is 2.23. The molecule has 0 saturated heterocycles. The Kier molecular flexibility index (Phi) is 3.66. The summed E-state index contributed by atoms with van der Waals surface area (Å²) in [7, 11) is 1.55. The lowest BCUT2D eigenvalue weighted by Crippen LogP contribution is -2.00. The third-order valence-corrected chi connectivity index (χ3v) is 2.58. The highest BCUT2D eigenvalue weighted by Gasteiger charge is 2.08. The number of hydrogen-bond donors (Lipinski definition) is 2. The summed E-state index contributed by atoms with van der Waals surface area (Å²) in [6.45, 7) is 0. The standard InChI is InChI=1S/C14H12FNO3/c1-19-11-5-3-10(4-6-11)16-13-8-9(14(17)18)2-7-12(13)15/h2-8,16H,1H3,(H,17,18). The maximum atomic E-state index is 13.6. The normalized spacial score (nSPS) is 10.0. The van der Waals surface area contributed by atoms with Crippen molar-refractivity contribution in [1.82, 2.24) is 0 Å². The Bertz CT molecular complexity index is 596. The fourth-order valence-corrected chi connectivity index (χ4v) is 1.58. The van der Waals surface area contributed by atoms with Crippen LogP contribution in [-0.2, 0) is 0 Å². The van der Waals surface area contributed by atoms with Crippen LogP contribution in [0.5, 0.6) is 5.75 Å². The Hall–Kier alpha value is -2.56. The van der Waals surface area contributed by atoms with Crippen molar-refractivity contribution in [2.24, 2.45) is 0 Å². The molecule has 0 atom stereocenters. The first kappa shape index (κ1) is 12.9. The number of halogens is 1. The van der Waals surface area contributed by atoms with Crippen LogP contribution < -0.4 is 10.1 Å². The summed E-state index contributed by atoms with van der Waals surface area (Å²) >= 11 is 0. The number of hydrogen-bond acceptors (Lipinski definition) is 3. The van der Waals surface area contributed by atoms with E-state index in [1.165, 1.54) is 12.1 Å². The lowest BCUT2D eigenvalue weighted by molar-refractivity contribution is 0.0697. The number of nitrogens with one attached hydrogen (secondary N) is 1. The van der Waals surface area contributed by atoms with E-state index < -0.39 is 11.8 Å². The fraction of sp³-hybridized carbons (Fsp3) is 0.0714. The van der Waals surface area contributed by atoms with Crippen molar-refractivity contribution in [2.75, 3.05) is 12.4 Å². The molecule has 0 aliphatic heterocycles. The minimum absolute atomic E-state index is 0.0254. The van der Waals surface area contributed by atoms with Gasteiger partial charge in [-0.05, 0) is 42.5 Å². The number of ether oxygens (including phenoxy) is 1. The van der Waals surface area contributed by atoms with Gasteiger partial charge in [0.05, 0.1) is 18.4 Å². The number of benzene rings is 2. The summed E-state index contributed by atoms with van der Waals surface area (Å²) in [6.07, 6.45) is 0. The third kappa shape index (κ3) is 3.01. The van der Waals surface area contributed by atoms with Crippen molar-refractivity contribution in [2.45, 2.75) is 0 Å². The van der Waals surface area contributed by atoms with Gasteiger partial charge in [-0.15, -0.1) is 0 Å². The van der Waals surface area contributed by atoms with Gasteiger partial charge in [0.25, 0.3) is 0 Å². The molecular formula is C14H12FNO3. The lowest BCUT2D eigenvalue weighted by atomic mass is 10.2. The number of carboxylic acids is 1. The van der Waals surface area contributed by atoms with Gasteiger partial charge < -0.3 is 15.2 Å². The molecule has 19 heavy (non-hydrogen) atoms. The first-order valence-electron chi connectivity index (χ1n) is 5.54. The Labute approximate surface area is 109 Å². The first-order valence-corrected chi connectivity index (χ1v) is 5.54. The van der Waals surface area contributed by atoms with E-state index >= 15 is 0 Å². The van der Waals surface area contributed by atoms with Crippen molar-refractivity contribution in [3.05, 3.63) is 53.8 Å². The highest BCUT2D eigenvalue weighted by molar-refractivity contribution is 5.89. The zero-order valence-electron chi connectivity index (χ0n) is 10.2. The predicted octanol–water partition coefficient (Wildman–Crippen LogP) is 3.28. The smallest absolute Gasteiger partial charge is 0.335 e. The minimum atomic E-state index is -1.10. The molecular weight excluding hydrogens is 249 g/mol. The average Bonchev–Trinajstić information content (AvgIpc) is 2.42. The van der Waals surface area contributed by atoms with Crippen LogP contribution in [0.1, 0.15) is 10.4 Å². The van der Waals surface area contributed by atoms with E-state index in [9.17, 15) is 9.18 Å². The van der Waals surface area contributed by atoms with E-state index in [0.29, 0.717) is 11.4 Å². The van der Waals surface area contributed by atoms with E-state index in [-0.39, 0.29) is 11.3 Å². The molecule has 98 valence electrons. The van der Waals surface area contributed by atoms with Gasteiger partial charge in [0, 0.05) is 5.69 Å². The van der Waals surface area contributed by atoms with Crippen LogP contribution in [0.25, 0.3) is 0 Å². The Morgan fingerprint density at radius 2 is 1.89 bits per heavy atom. The molecule has 2 N–H and O–H groups in total. The van der Waals surface area contributed by atoms with Crippen LogP contribution in [0, 0.1) is 5.82 Å². The third-order valence-electron chi connectivity index (χ3n) is 2.58. The van der Waals surface area contributed by atoms with Gasteiger partial charge in [0.1, 0.15) is 11.6 Å². The van der Waals surface area contributed by atoms with Crippen LogP contribution >= 0.6 is 0 Å². The van der Waals surface area contributed by atoms with Crippen LogP contribution in [0.2, 0.25) is 0 Å². The zero-order valence-corrected chi connectivity index (χ0v) is 10.2. The molecule has 0 fully saturated rings. The molecule has 4 nitrogen and oxygen atoms in total. The Balaban J connectivity index is 2.26. The van der Waals surface area contributed by atoms with Gasteiger partial charge in [-0.1, -0.05) is 0 Å². The predicted molar refractivity (Wildman–Crippen MR) is 69.6 cm³/mol. The van der Waals surface area contributed by atoms with Crippen molar-refractivity contribution in [3.63, 3.8) is 0 Å². The van der Waals surface area contributed by atoms with E-state index in [1.807, 2.05) is 0 Å². The summed E-state index contributed by atoms with van der Waals surface area (Å²) in [5.74, 6) is -0.927. The Morgan fingerprint density at radius 3 is 2.47 bits per heavy atom. The monoisotopic (exact) mass is 261 g/mol. The molecule has 0 aliphatic carbocycles. The molecule has 0 unspecified atom stereocenters. The zero-order chi connectivity index (χ0) is 13.8. The molecule has 0 spiro atoms. The molecule has 2 rings (SSSR count). The van der Waals surface area contributed by atoms with Crippen molar-refractivity contribution in [3.8, 4) is 5.75 Å². The van der Waals surface area contributed by atoms with Gasteiger partial charge in [0.15, 0.2) is 0 Å². The number of rotatable bonds is 4. The maximum Gasteiger partial charge on any atom is 0.335 e. The summed E-state index contributed by atoms with van der Waals surface area (Å²) < 4.78 is 18.6. The number of anilines is 2. The molecule has 2 aromatic rings. The SMILES string of the molecule is COc1ccc(Nc2cc(C(=O)O)ccc2F)cc1. The second-order valence-electron chi connectivity index (χ2n) is 3.85. The molecule has 0 radical (unpaired) electrons. The quantitative estimate of drug-likeness (QED) is 0.886. The number of aromatic carboxylic acids is 1. The molecule has 5 heteroatoms. The lowest BCUT2D eigenvalue weighted by Gasteiger charge is -2.09. The molecule has 0 saturated carbocycles. The molecule has 2 aromatic carbocycles. The van der Waals surface area contributed by atoms with Crippen molar-refractivity contribution < 1.29 is 19.0 Å². The molecule has 0 heterocycles. The van der Waals surface area contributed by atoms with Crippen molar-refractivity contribution in [1.29, 1.82) is 0 Å². The number of carbonyl (C=O) groups is 1. The second kappa shape index (κ2) is 5.39.